The Morgan fingerprint density at radius 1 is 0.549 bits per heavy atom. The van der Waals surface area contributed by atoms with Gasteiger partial charge in [-0.05, 0) is 24.5 Å². The molecule has 51 heavy (non-hydrogen) atoms. The number of nitrogens with zero attached hydrogens (tertiary/aromatic N) is 1. The Morgan fingerprint density at radius 2 is 0.863 bits per heavy atom. The Balaban J connectivity index is 1.65. The Morgan fingerprint density at radius 3 is 1.22 bits per heavy atom. The van der Waals surface area contributed by atoms with E-state index in [0.717, 1.165) is 44.3 Å². The minimum atomic E-state index is -1.63. The van der Waals surface area contributed by atoms with Gasteiger partial charge in [0, 0.05) is 24.7 Å². The van der Waals surface area contributed by atoms with E-state index in [1.54, 1.807) is 12.2 Å². The minimum absolute atomic E-state index is 0.181. The highest BCUT2D eigenvalue weighted by molar-refractivity contribution is 5.89. The molecule has 0 aliphatic heterocycles. The standard InChI is InChI=1S/C47H84N2O2/c1-3-5-7-9-11-13-15-17-19-21-23-25-27-29-31-35-41-49(46(50)47(51)40-39-45(48)43-37-33-34-38-44(43)47)42-36-32-30-28-26-24-22-20-18-16-14-12-10-8-6-4-2/h33-34,37-40,45,51H,3-32,35-36,41-42,48H2,1-2H3. The normalized spacial score (nSPS) is 16.8. The van der Waals surface area contributed by atoms with Crippen molar-refractivity contribution in [3.05, 3.63) is 47.5 Å². The third kappa shape index (κ3) is 20.4. The number of rotatable bonds is 35. The van der Waals surface area contributed by atoms with Gasteiger partial charge in [-0.3, -0.25) is 4.79 Å². The maximum atomic E-state index is 14.1. The summed E-state index contributed by atoms with van der Waals surface area (Å²) < 4.78 is 0. The fraction of sp³-hybridized carbons (Fsp3) is 0.809. The predicted molar refractivity (Wildman–Crippen MR) is 222 cm³/mol. The van der Waals surface area contributed by atoms with Crippen LogP contribution in [0.2, 0.25) is 0 Å². The van der Waals surface area contributed by atoms with Crippen molar-refractivity contribution in [2.24, 2.45) is 5.73 Å². The largest absolute Gasteiger partial charge is 0.372 e. The van der Waals surface area contributed by atoms with Gasteiger partial charge in [-0.15, -0.1) is 0 Å². The van der Waals surface area contributed by atoms with Crippen LogP contribution in [0.15, 0.2) is 36.4 Å². The molecule has 1 aliphatic carbocycles. The summed E-state index contributed by atoms with van der Waals surface area (Å²) >= 11 is 0. The molecule has 4 heteroatoms. The second-order valence-electron chi connectivity index (χ2n) is 16.1. The lowest BCUT2D eigenvalue weighted by molar-refractivity contribution is -0.148. The second-order valence-corrected chi connectivity index (χ2v) is 16.1. The Kier molecular flexibility index (Phi) is 27.5. The van der Waals surface area contributed by atoms with E-state index in [1.807, 2.05) is 29.2 Å². The zero-order chi connectivity index (χ0) is 36.7. The number of carbonyl (C=O) groups is 1. The van der Waals surface area contributed by atoms with E-state index in [4.69, 9.17) is 5.73 Å². The van der Waals surface area contributed by atoms with Crippen LogP contribution in [-0.4, -0.2) is 29.0 Å². The number of hydrogen-bond donors (Lipinski definition) is 2. The molecule has 0 fully saturated rings. The zero-order valence-corrected chi connectivity index (χ0v) is 34.0. The number of unbranched alkanes of at least 4 members (excludes halogenated alkanes) is 30. The van der Waals surface area contributed by atoms with Crippen LogP contribution in [-0.2, 0) is 10.4 Å². The van der Waals surface area contributed by atoms with Gasteiger partial charge in [0.2, 0.25) is 0 Å². The van der Waals surface area contributed by atoms with Gasteiger partial charge in [-0.2, -0.15) is 0 Å². The SMILES string of the molecule is CCCCCCCCCCCCCCCCCCN(CCCCCCCCCCCCCCCCCC)C(=O)C1(O)C=CC(N)c2ccccc21. The third-order valence-electron chi connectivity index (χ3n) is 11.5. The molecule has 0 heterocycles. The first-order valence-corrected chi connectivity index (χ1v) is 22.6. The van der Waals surface area contributed by atoms with Gasteiger partial charge in [0.15, 0.2) is 5.60 Å². The molecular formula is C47H84N2O2. The third-order valence-corrected chi connectivity index (χ3v) is 11.5. The topological polar surface area (TPSA) is 66.6 Å². The highest BCUT2D eigenvalue weighted by Gasteiger charge is 2.42. The summed E-state index contributed by atoms with van der Waals surface area (Å²) in [5.74, 6) is -0.181. The van der Waals surface area contributed by atoms with Crippen LogP contribution in [0.5, 0.6) is 0 Å². The molecule has 1 aromatic carbocycles. The summed E-state index contributed by atoms with van der Waals surface area (Å²) in [6, 6.07) is 7.37. The molecule has 4 nitrogen and oxygen atoms in total. The molecule has 0 spiro atoms. The van der Waals surface area contributed by atoms with Crippen molar-refractivity contribution < 1.29 is 9.90 Å². The molecule has 2 unspecified atom stereocenters. The zero-order valence-electron chi connectivity index (χ0n) is 34.0. The molecule has 0 radical (unpaired) electrons. The predicted octanol–water partition coefficient (Wildman–Crippen LogP) is 13.8. The Hall–Kier alpha value is -1.65. The lowest BCUT2D eigenvalue weighted by Crippen LogP contribution is -2.48. The fourth-order valence-corrected chi connectivity index (χ4v) is 8.02. The van der Waals surface area contributed by atoms with Crippen LogP contribution in [0.25, 0.3) is 0 Å². The molecule has 1 aromatic rings. The van der Waals surface area contributed by atoms with Crippen LogP contribution in [0.1, 0.15) is 236 Å². The van der Waals surface area contributed by atoms with E-state index < -0.39 is 5.60 Å². The summed E-state index contributed by atoms with van der Waals surface area (Å²) in [5.41, 5.74) is 6.19. The molecule has 1 amide bonds. The first kappa shape index (κ1) is 45.5. The minimum Gasteiger partial charge on any atom is -0.372 e. The molecule has 0 saturated heterocycles. The van der Waals surface area contributed by atoms with Gasteiger partial charge in [-0.25, -0.2) is 0 Å². The van der Waals surface area contributed by atoms with Gasteiger partial charge < -0.3 is 15.7 Å². The van der Waals surface area contributed by atoms with Crippen LogP contribution in [0, 0.1) is 0 Å². The van der Waals surface area contributed by atoms with Crippen LogP contribution >= 0.6 is 0 Å². The summed E-state index contributed by atoms with van der Waals surface area (Å²) in [6.07, 6.45) is 46.3. The van der Waals surface area contributed by atoms with E-state index in [1.165, 1.54) is 180 Å². The van der Waals surface area contributed by atoms with Crippen molar-refractivity contribution >= 4 is 5.91 Å². The summed E-state index contributed by atoms with van der Waals surface area (Å²) in [6.45, 7) is 6.02. The molecule has 0 saturated carbocycles. The van der Waals surface area contributed by atoms with Crippen LogP contribution < -0.4 is 5.73 Å². The van der Waals surface area contributed by atoms with Crippen LogP contribution in [0.4, 0.5) is 0 Å². The maximum Gasteiger partial charge on any atom is 0.263 e. The van der Waals surface area contributed by atoms with Crippen molar-refractivity contribution in [1.29, 1.82) is 0 Å². The lowest BCUT2D eigenvalue weighted by atomic mass is 9.81. The van der Waals surface area contributed by atoms with Gasteiger partial charge in [0.1, 0.15) is 0 Å². The van der Waals surface area contributed by atoms with Crippen molar-refractivity contribution in [2.45, 2.75) is 231 Å². The van der Waals surface area contributed by atoms with Gasteiger partial charge in [0.05, 0.1) is 0 Å². The Bertz CT molecular complexity index is 956. The Labute approximate surface area is 317 Å². The molecule has 0 bridgehead atoms. The van der Waals surface area contributed by atoms with Crippen molar-refractivity contribution in [2.75, 3.05) is 13.1 Å². The first-order valence-electron chi connectivity index (χ1n) is 22.6. The fourth-order valence-electron chi connectivity index (χ4n) is 8.02. The molecular weight excluding hydrogens is 625 g/mol. The molecule has 2 rings (SSSR count). The van der Waals surface area contributed by atoms with Crippen molar-refractivity contribution in [3.63, 3.8) is 0 Å². The van der Waals surface area contributed by atoms with Crippen molar-refractivity contribution in [1.82, 2.24) is 4.90 Å². The number of benzene rings is 1. The molecule has 294 valence electrons. The second kappa shape index (κ2) is 30.8. The average Bonchev–Trinajstić information content (AvgIpc) is 3.15. The highest BCUT2D eigenvalue weighted by Crippen LogP contribution is 2.36. The smallest absolute Gasteiger partial charge is 0.263 e. The molecule has 2 atom stereocenters. The van der Waals surface area contributed by atoms with Gasteiger partial charge in [-0.1, -0.05) is 237 Å². The number of hydrogen-bond acceptors (Lipinski definition) is 3. The van der Waals surface area contributed by atoms with Crippen molar-refractivity contribution in [3.8, 4) is 0 Å². The monoisotopic (exact) mass is 709 g/mol. The summed E-state index contributed by atoms with van der Waals surface area (Å²) in [4.78, 5) is 16.0. The summed E-state index contributed by atoms with van der Waals surface area (Å²) in [5, 5.41) is 11.8. The number of fused-ring (bicyclic) bond motifs is 1. The number of nitrogens with two attached hydrogens (primary N) is 1. The van der Waals surface area contributed by atoms with E-state index >= 15 is 0 Å². The highest BCUT2D eigenvalue weighted by atomic mass is 16.3. The number of amides is 1. The van der Waals surface area contributed by atoms with E-state index in [9.17, 15) is 9.90 Å². The average molecular weight is 709 g/mol. The van der Waals surface area contributed by atoms with E-state index in [-0.39, 0.29) is 11.9 Å². The van der Waals surface area contributed by atoms with E-state index in [0.29, 0.717) is 5.56 Å². The lowest BCUT2D eigenvalue weighted by Gasteiger charge is -2.36. The molecule has 1 aliphatic rings. The molecule has 3 N–H and O–H groups in total. The summed E-state index contributed by atoms with van der Waals surface area (Å²) in [7, 11) is 0. The van der Waals surface area contributed by atoms with Crippen LogP contribution in [0.3, 0.4) is 0 Å². The quantitative estimate of drug-likeness (QED) is 0.0545. The number of aliphatic hydroxyl groups is 1. The number of carbonyl (C=O) groups excluding carboxylic acids is 1. The molecule has 0 aromatic heterocycles. The first-order chi connectivity index (χ1) is 25.0. The van der Waals surface area contributed by atoms with Gasteiger partial charge >= 0.3 is 0 Å². The van der Waals surface area contributed by atoms with E-state index in [2.05, 4.69) is 13.8 Å². The van der Waals surface area contributed by atoms with Gasteiger partial charge in [0.25, 0.3) is 5.91 Å². The maximum absolute atomic E-state index is 14.1.